The van der Waals surface area contributed by atoms with Crippen molar-refractivity contribution < 1.29 is 0 Å². The summed E-state index contributed by atoms with van der Waals surface area (Å²) in [7, 11) is 0. The van der Waals surface area contributed by atoms with Crippen molar-refractivity contribution in [2.75, 3.05) is 0 Å². The first-order valence-corrected chi connectivity index (χ1v) is 4.65. The summed E-state index contributed by atoms with van der Waals surface area (Å²) in [6.07, 6.45) is 5.39. The molecule has 1 heterocycles. The van der Waals surface area contributed by atoms with Crippen LogP contribution >= 0.6 is 0 Å². The van der Waals surface area contributed by atoms with E-state index in [2.05, 4.69) is 37.3 Å². The fourth-order valence-corrected chi connectivity index (χ4v) is 0.939. The smallest absolute Gasteiger partial charge is 0.0882 e. The highest BCUT2D eigenvalue weighted by atomic mass is 14.8. The van der Waals surface area contributed by atoms with Crippen molar-refractivity contribution in [3.05, 3.63) is 30.6 Å². The van der Waals surface area contributed by atoms with Gasteiger partial charge in [-0.15, -0.1) is 0 Å². The topological polar surface area (TPSA) is 25.2 Å². The lowest BCUT2D eigenvalue weighted by Crippen LogP contribution is -2.05. The molecule has 0 fully saturated rings. The van der Waals surface area contributed by atoms with Crippen molar-refractivity contribution in [2.45, 2.75) is 20.8 Å². The minimum absolute atomic E-state index is 0.0915. The summed E-state index contributed by atoms with van der Waals surface area (Å²) in [5.74, 6) is 0. The van der Waals surface area contributed by atoms with Gasteiger partial charge in [0.15, 0.2) is 0 Å². The standard InChI is InChI=1S/C12H16N2/c1-5-10-11(7-6-8-13-10)14-9-12(2,3)4/h5-9H,1H2,2-4H3. The second kappa shape index (κ2) is 4.18. The van der Waals surface area contributed by atoms with Crippen LogP contribution in [0.2, 0.25) is 0 Å². The van der Waals surface area contributed by atoms with Crippen LogP contribution in [0.1, 0.15) is 26.5 Å². The third-order valence-electron chi connectivity index (χ3n) is 1.60. The van der Waals surface area contributed by atoms with Crippen LogP contribution in [0.4, 0.5) is 5.69 Å². The fourth-order valence-electron chi connectivity index (χ4n) is 0.939. The molecule has 0 aliphatic heterocycles. The van der Waals surface area contributed by atoms with Gasteiger partial charge in [-0.1, -0.05) is 27.4 Å². The number of aromatic nitrogens is 1. The maximum atomic E-state index is 4.39. The monoisotopic (exact) mass is 188 g/mol. The van der Waals surface area contributed by atoms with Crippen molar-refractivity contribution in [3.8, 4) is 0 Å². The molecule has 0 aliphatic rings. The van der Waals surface area contributed by atoms with Crippen LogP contribution in [0.5, 0.6) is 0 Å². The summed E-state index contributed by atoms with van der Waals surface area (Å²) in [5, 5.41) is 0. The van der Waals surface area contributed by atoms with Gasteiger partial charge in [-0.3, -0.25) is 9.98 Å². The van der Waals surface area contributed by atoms with Crippen molar-refractivity contribution in [1.29, 1.82) is 0 Å². The van der Waals surface area contributed by atoms with Gasteiger partial charge in [-0.05, 0) is 23.6 Å². The molecule has 0 N–H and O–H groups in total. The van der Waals surface area contributed by atoms with Gasteiger partial charge in [0.1, 0.15) is 0 Å². The van der Waals surface area contributed by atoms with Crippen LogP contribution in [-0.4, -0.2) is 11.2 Å². The van der Waals surface area contributed by atoms with E-state index in [-0.39, 0.29) is 5.41 Å². The summed E-state index contributed by atoms with van der Waals surface area (Å²) in [5.41, 5.74) is 1.79. The molecule has 0 saturated carbocycles. The highest BCUT2D eigenvalue weighted by Crippen LogP contribution is 2.19. The van der Waals surface area contributed by atoms with Crippen LogP contribution in [0.3, 0.4) is 0 Å². The quantitative estimate of drug-likeness (QED) is 0.652. The van der Waals surface area contributed by atoms with Gasteiger partial charge in [-0.2, -0.15) is 0 Å². The number of hydrogen-bond acceptors (Lipinski definition) is 2. The fraction of sp³-hybridized carbons (Fsp3) is 0.333. The van der Waals surface area contributed by atoms with Gasteiger partial charge in [0.2, 0.25) is 0 Å². The first-order valence-electron chi connectivity index (χ1n) is 4.65. The van der Waals surface area contributed by atoms with Gasteiger partial charge in [0.05, 0.1) is 11.4 Å². The molecule has 1 aromatic rings. The van der Waals surface area contributed by atoms with E-state index in [1.54, 1.807) is 12.3 Å². The zero-order valence-electron chi connectivity index (χ0n) is 8.99. The molecule has 1 rings (SSSR count). The number of aliphatic imine (C=N–C) groups is 1. The van der Waals surface area contributed by atoms with E-state index in [0.717, 1.165) is 11.4 Å². The van der Waals surface area contributed by atoms with Crippen molar-refractivity contribution in [3.63, 3.8) is 0 Å². The average molecular weight is 188 g/mol. The third kappa shape index (κ3) is 3.13. The number of nitrogens with zero attached hydrogens (tertiary/aromatic N) is 2. The van der Waals surface area contributed by atoms with Gasteiger partial charge >= 0.3 is 0 Å². The average Bonchev–Trinajstić information content (AvgIpc) is 2.14. The molecule has 14 heavy (non-hydrogen) atoms. The zero-order chi connectivity index (χ0) is 10.6. The Kier molecular flexibility index (Phi) is 3.18. The molecule has 0 spiro atoms. The third-order valence-corrected chi connectivity index (χ3v) is 1.60. The van der Waals surface area contributed by atoms with E-state index in [0.29, 0.717) is 0 Å². The largest absolute Gasteiger partial charge is 0.258 e. The Hall–Kier alpha value is -1.44. The summed E-state index contributed by atoms with van der Waals surface area (Å²) >= 11 is 0. The zero-order valence-corrected chi connectivity index (χ0v) is 8.99. The molecule has 2 nitrogen and oxygen atoms in total. The van der Waals surface area contributed by atoms with Gasteiger partial charge in [0, 0.05) is 12.4 Å². The normalized spacial score (nSPS) is 11.9. The Morgan fingerprint density at radius 3 is 2.71 bits per heavy atom. The number of hydrogen-bond donors (Lipinski definition) is 0. The minimum atomic E-state index is 0.0915. The maximum Gasteiger partial charge on any atom is 0.0882 e. The van der Waals surface area contributed by atoms with Crippen LogP contribution in [-0.2, 0) is 0 Å². The van der Waals surface area contributed by atoms with Crippen LogP contribution in [0.15, 0.2) is 29.9 Å². The van der Waals surface area contributed by atoms with E-state index >= 15 is 0 Å². The van der Waals surface area contributed by atoms with E-state index in [1.807, 2.05) is 18.3 Å². The lowest BCUT2D eigenvalue weighted by atomic mass is 9.99. The summed E-state index contributed by atoms with van der Waals surface area (Å²) in [6, 6.07) is 3.81. The second-order valence-corrected chi connectivity index (χ2v) is 4.24. The molecule has 2 heteroatoms. The van der Waals surface area contributed by atoms with Crippen molar-refractivity contribution >= 4 is 18.0 Å². The highest BCUT2D eigenvalue weighted by molar-refractivity contribution is 5.71. The summed E-state index contributed by atoms with van der Waals surface area (Å²) < 4.78 is 0. The Balaban J connectivity index is 2.97. The summed E-state index contributed by atoms with van der Waals surface area (Å²) in [4.78, 5) is 8.56. The Morgan fingerprint density at radius 2 is 2.14 bits per heavy atom. The molecule has 0 radical (unpaired) electrons. The molecule has 0 bridgehead atoms. The first-order chi connectivity index (χ1) is 6.53. The molecule has 1 aromatic heterocycles. The number of pyridine rings is 1. The van der Waals surface area contributed by atoms with Crippen LogP contribution < -0.4 is 0 Å². The molecule has 0 amide bonds. The van der Waals surface area contributed by atoms with Crippen LogP contribution in [0, 0.1) is 5.41 Å². The number of rotatable bonds is 2. The van der Waals surface area contributed by atoms with E-state index in [9.17, 15) is 0 Å². The molecule has 74 valence electrons. The summed E-state index contributed by atoms with van der Waals surface area (Å²) in [6.45, 7) is 10.0. The molecule has 0 atom stereocenters. The first kappa shape index (κ1) is 10.6. The minimum Gasteiger partial charge on any atom is -0.258 e. The molecule has 0 saturated heterocycles. The van der Waals surface area contributed by atoms with Crippen molar-refractivity contribution in [2.24, 2.45) is 10.4 Å². The molecule has 0 unspecified atom stereocenters. The molecular formula is C12H16N2. The Bertz CT molecular complexity index is 346. The highest BCUT2D eigenvalue weighted by Gasteiger charge is 2.05. The lowest BCUT2D eigenvalue weighted by Gasteiger charge is -2.10. The molecule has 0 aliphatic carbocycles. The molecular weight excluding hydrogens is 172 g/mol. The van der Waals surface area contributed by atoms with Crippen molar-refractivity contribution in [1.82, 2.24) is 4.98 Å². The Labute approximate surface area is 85.4 Å². The maximum absolute atomic E-state index is 4.39. The van der Waals surface area contributed by atoms with Gasteiger partial charge < -0.3 is 0 Å². The van der Waals surface area contributed by atoms with Gasteiger partial charge in [-0.25, -0.2) is 0 Å². The van der Waals surface area contributed by atoms with Gasteiger partial charge in [0.25, 0.3) is 0 Å². The SMILES string of the molecule is C=Cc1ncccc1N=CC(C)(C)C. The van der Waals surface area contributed by atoms with E-state index in [1.165, 1.54) is 0 Å². The molecule has 0 aromatic carbocycles. The van der Waals surface area contributed by atoms with Crippen LogP contribution in [0.25, 0.3) is 6.08 Å². The second-order valence-electron chi connectivity index (χ2n) is 4.24. The lowest BCUT2D eigenvalue weighted by molar-refractivity contribution is 0.607. The predicted molar refractivity (Wildman–Crippen MR) is 61.9 cm³/mol. The predicted octanol–water partition coefficient (Wildman–Crippen LogP) is 3.47. The Morgan fingerprint density at radius 1 is 1.43 bits per heavy atom. The van der Waals surface area contributed by atoms with E-state index < -0.39 is 0 Å². The van der Waals surface area contributed by atoms with E-state index in [4.69, 9.17) is 0 Å².